The third-order valence-corrected chi connectivity index (χ3v) is 5.87. The minimum absolute atomic E-state index is 0.0203. The molecule has 1 N–H and O–H groups in total. The average Bonchev–Trinajstić information content (AvgIpc) is 2.83. The summed E-state index contributed by atoms with van der Waals surface area (Å²) >= 11 is 1.69. The number of nitrogens with one attached hydrogen (secondary N) is 1. The molecule has 0 saturated carbocycles. The lowest BCUT2D eigenvalue weighted by molar-refractivity contribution is -0.130. The largest absolute Gasteiger partial charge is 0.338 e. The molecule has 0 radical (unpaired) electrons. The van der Waals surface area contributed by atoms with E-state index in [1.54, 1.807) is 16.7 Å². The second-order valence-electron chi connectivity index (χ2n) is 6.64. The Kier molecular flexibility index (Phi) is 6.76. The lowest BCUT2D eigenvalue weighted by Crippen LogP contribution is -2.48. The number of carbonyl (C=O) groups is 2. The van der Waals surface area contributed by atoms with E-state index in [9.17, 15) is 9.59 Å². The molecule has 5 nitrogen and oxygen atoms in total. The molecule has 6 heteroatoms. The second kappa shape index (κ2) is 8.61. The van der Waals surface area contributed by atoms with Crippen LogP contribution in [-0.2, 0) is 4.79 Å². The molecular formula is C19H29N3O2S. The lowest BCUT2D eigenvalue weighted by Gasteiger charge is -2.31. The number of thioether (sulfide) groups is 1. The van der Waals surface area contributed by atoms with Crippen LogP contribution in [0.25, 0.3) is 0 Å². The van der Waals surface area contributed by atoms with Crippen LogP contribution in [0, 0.1) is 6.92 Å². The maximum absolute atomic E-state index is 12.7. The zero-order valence-corrected chi connectivity index (χ0v) is 16.6. The highest BCUT2D eigenvalue weighted by atomic mass is 32.2. The third kappa shape index (κ3) is 4.48. The molecule has 0 unspecified atom stereocenters. The fourth-order valence-corrected chi connectivity index (χ4v) is 4.47. The van der Waals surface area contributed by atoms with Gasteiger partial charge in [0.2, 0.25) is 5.91 Å². The summed E-state index contributed by atoms with van der Waals surface area (Å²) in [5, 5.41) is 2.82. The van der Waals surface area contributed by atoms with Gasteiger partial charge in [-0.2, -0.15) is 0 Å². The molecular weight excluding hydrogens is 334 g/mol. The van der Waals surface area contributed by atoms with E-state index in [2.05, 4.69) is 24.4 Å². The Morgan fingerprint density at radius 3 is 2.64 bits per heavy atom. The maximum atomic E-state index is 12.7. The summed E-state index contributed by atoms with van der Waals surface area (Å²) in [6, 6.07) is 8.22. The van der Waals surface area contributed by atoms with Gasteiger partial charge in [0.05, 0.1) is 5.25 Å². The van der Waals surface area contributed by atoms with Gasteiger partial charge in [-0.05, 0) is 45.7 Å². The van der Waals surface area contributed by atoms with Crippen LogP contribution >= 0.6 is 11.8 Å². The normalized spacial score (nSPS) is 20.2. The summed E-state index contributed by atoms with van der Waals surface area (Å²) in [5.41, 5.74) is 2.37. The van der Waals surface area contributed by atoms with Gasteiger partial charge in [-0.3, -0.25) is 4.79 Å². The fraction of sp³-hybridized carbons (Fsp3) is 0.579. The molecule has 2 atom stereocenters. The number of hydrogen-bond donors (Lipinski definition) is 1. The number of hydrogen-bond acceptors (Lipinski definition) is 3. The Morgan fingerprint density at radius 2 is 2.04 bits per heavy atom. The van der Waals surface area contributed by atoms with Crippen LogP contribution in [0.15, 0.2) is 24.3 Å². The molecule has 0 bridgehead atoms. The van der Waals surface area contributed by atoms with Crippen LogP contribution in [0.4, 0.5) is 4.79 Å². The Morgan fingerprint density at radius 1 is 1.36 bits per heavy atom. The van der Waals surface area contributed by atoms with E-state index in [4.69, 9.17) is 0 Å². The SMILES string of the molecule is CCNC(=O)N(CCN1C(=O)[C@H](C)S[C@@H]1c1ccccc1C)C(C)C. The summed E-state index contributed by atoms with van der Waals surface area (Å²) in [4.78, 5) is 28.6. The fourth-order valence-electron chi connectivity index (χ4n) is 3.07. The van der Waals surface area contributed by atoms with Gasteiger partial charge in [-0.15, -0.1) is 11.8 Å². The van der Waals surface area contributed by atoms with Crippen LogP contribution in [-0.4, -0.2) is 52.7 Å². The maximum Gasteiger partial charge on any atom is 0.317 e. The van der Waals surface area contributed by atoms with Crippen molar-refractivity contribution in [2.75, 3.05) is 19.6 Å². The van der Waals surface area contributed by atoms with Crippen LogP contribution in [0.3, 0.4) is 0 Å². The smallest absolute Gasteiger partial charge is 0.317 e. The second-order valence-corrected chi connectivity index (χ2v) is 8.07. The number of nitrogens with zero attached hydrogens (tertiary/aromatic N) is 2. The van der Waals surface area contributed by atoms with Crippen molar-refractivity contribution in [3.63, 3.8) is 0 Å². The highest BCUT2D eigenvalue weighted by Gasteiger charge is 2.39. The van der Waals surface area contributed by atoms with Gasteiger partial charge in [0.15, 0.2) is 0 Å². The predicted molar refractivity (Wildman–Crippen MR) is 104 cm³/mol. The summed E-state index contributed by atoms with van der Waals surface area (Å²) in [7, 11) is 0. The monoisotopic (exact) mass is 363 g/mol. The Hall–Kier alpha value is -1.69. The molecule has 3 amide bonds. The quantitative estimate of drug-likeness (QED) is 0.843. The average molecular weight is 364 g/mol. The summed E-state index contributed by atoms with van der Waals surface area (Å²) in [6.07, 6.45) is 0. The molecule has 1 heterocycles. The van der Waals surface area contributed by atoms with Crippen molar-refractivity contribution in [1.82, 2.24) is 15.1 Å². The predicted octanol–water partition coefficient (Wildman–Crippen LogP) is 3.40. The van der Waals surface area contributed by atoms with Crippen LogP contribution in [0.2, 0.25) is 0 Å². The van der Waals surface area contributed by atoms with Gasteiger partial charge in [0.25, 0.3) is 0 Å². The zero-order chi connectivity index (χ0) is 18.6. The van der Waals surface area contributed by atoms with E-state index in [1.807, 2.05) is 44.7 Å². The first kappa shape index (κ1) is 19.6. The molecule has 1 fully saturated rings. The molecule has 0 spiro atoms. The van der Waals surface area contributed by atoms with E-state index in [-0.39, 0.29) is 28.6 Å². The molecule has 2 rings (SSSR count). The molecule has 1 aromatic carbocycles. The number of benzene rings is 1. The standard InChI is InChI=1S/C19H29N3O2S/c1-6-20-19(24)21(13(2)3)11-12-22-17(23)15(5)25-18(22)16-10-8-7-9-14(16)4/h7-10,13,15,18H,6,11-12H2,1-5H3,(H,20,24)/t15-,18+/m0/s1. The van der Waals surface area contributed by atoms with Crippen molar-refractivity contribution in [2.45, 2.75) is 51.3 Å². The van der Waals surface area contributed by atoms with E-state index < -0.39 is 0 Å². The van der Waals surface area contributed by atoms with Crippen LogP contribution < -0.4 is 5.32 Å². The van der Waals surface area contributed by atoms with Crippen molar-refractivity contribution in [1.29, 1.82) is 0 Å². The van der Waals surface area contributed by atoms with Crippen LogP contribution in [0.1, 0.15) is 44.2 Å². The summed E-state index contributed by atoms with van der Waals surface area (Å²) in [6.45, 7) is 11.6. The molecule has 0 aliphatic carbocycles. The summed E-state index contributed by atoms with van der Waals surface area (Å²) < 4.78 is 0. The van der Waals surface area contributed by atoms with Crippen molar-refractivity contribution in [2.24, 2.45) is 0 Å². The topological polar surface area (TPSA) is 52.7 Å². The van der Waals surface area contributed by atoms with Gasteiger partial charge in [0.1, 0.15) is 5.37 Å². The first-order chi connectivity index (χ1) is 11.9. The zero-order valence-electron chi connectivity index (χ0n) is 15.8. The number of urea groups is 1. The lowest BCUT2D eigenvalue weighted by atomic mass is 10.1. The van der Waals surface area contributed by atoms with Gasteiger partial charge < -0.3 is 15.1 Å². The molecule has 1 aromatic rings. The number of rotatable bonds is 6. The minimum atomic E-state index is -0.0720. The van der Waals surface area contributed by atoms with E-state index in [0.717, 1.165) is 0 Å². The number of carbonyl (C=O) groups excluding carboxylic acids is 2. The van der Waals surface area contributed by atoms with Gasteiger partial charge in [-0.1, -0.05) is 24.3 Å². The molecule has 25 heavy (non-hydrogen) atoms. The highest BCUT2D eigenvalue weighted by Crippen LogP contribution is 2.43. The van der Waals surface area contributed by atoms with Crippen molar-refractivity contribution >= 4 is 23.7 Å². The molecule has 1 aliphatic rings. The first-order valence-electron chi connectivity index (χ1n) is 8.92. The van der Waals surface area contributed by atoms with Crippen LogP contribution in [0.5, 0.6) is 0 Å². The van der Waals surface area contributed by atoms with E-state index in [1.165, 1.54) is 11.1 Å². The molecule has 1 aliphatic heterocycles. The number of amides is 3. The van der Waals surface area contributed by atoms with Gasteiger partial charge in [-0.25, -0.2) is 4.79 Å². The Labute approximate surface area is 155 Å². The molecule has 138 valence electrons. The Bertz CT molecular complexity index is 620. The minimum Gasteiger partial charge on any atom is -0.338 e. The third-order valence-electron chi connectivity index (χ3n) is 4.50. The van der Waals surface area contributed by atoms with Crippen molar-refractivity contribution in [3.8, 4) is 0 Å². The highest BCUT2D eigenvalue weighted by molar-refractivity contribution is 8.01. The summed E-state index contributed by atoms with van der Waals surface area (Å²) in [5.74, 6) is 0.151. The van der Waals surface area contributed by atoms with Crippen molar-refractivity contribution in [3.05, 3.63) is 35.4 Å². The van der Waals surface area contributed by atoms with E-state index in [0.29, 0.717) is 19.6 Å². The van der Waals surface area contributed by atoms with Gasteiger partial charge >= 0.3 is 6.03 Å². The first-order valence-corrected chi connectivity index (χ1v) is 9.87. The number of aryl methyl sites for hydroxylation is 1. The van der Waals surface area contributed by atoms with Crippen molar-refractivity contribution < 1.29 is 9.59 Å². The Balaban J connectivity index is 2.15. The molecule has 0 aromatic heterocycles. The molecule has 1 saturated heterocycles. The van der Waals surface area contributed by atoms with Gasteiger partial charge in [0, 0.05) is 25.7 Å². The van der Waals surface area contributed by atoms with E-state index >= 15 is 0 Å².